The van der Waals surface area contributed by atoms with Crippen molar-refractivity contribution in [2.45, 2.75) is 54.1 Å². The first-order valence-corrected chi connectivity index (χ1v) is 39.1. The first-order chi connectivity index (χ1) is 53.4. The Morgan fingerprint density at radius 2 is 1.23 bits per heavy atom. The van der Waals surface area contributed by atoms with Crippen LogP contribution in [0.5, 0.6) is 23.0 Å². The Morgan fingerprint density at radius 3 is 1.76 bits per heavy atom. The molecule has 1 spiro atoms. The number of rotatable bonds is 16. The molecule has 6 heterocycles. The first kappa shape index (κ1) is 94.5. The average molecular weight is 2330 g/mol. The number of ether oxygens (including phenoxy) is 6. The molecule has 20 nitrogen and oxygen atoms in total. The fourth-order valence-corrected chi connectivity index (χ4v) is 15.2. The molecule has 13 rings (SSSR count). The Kier molecular flexibility index (Phi) is 37.1. The number of pyridine rings is 2. The van der Waals surface area contributed by atoms with Crippen LogP contribution in [0.25, 0.3) is 54.3 Å². The number of aryl methyl sites for hydroxylation is 1. The number of anilines is 1. The minimum Gasteiger partial charge on any atom is -0.512 e. The Hall–Kier alpha value is -8.32. The van der Waals surface area contributed by atoms with E-state index >= 15 is 0 Å². The summed E-state index contributed by atoms with van der Waals surface area (Å²) in [4.78, 5) is 85.7. The van der Waals surface area contributed by atoms with Gasteiger partial charge in [0.1, 0.15) is 25.6 Å². The maximum Gasteiger partial charge on any atom is 0.341 e. The summed E-state index contributed by atoms with van der Waals surface area (Å²) in [6, 6.07) is 53.9. The summed E-state index contributed by atoms with van der Waals surface area (Å²) in [5.74, 6) is -2.69. The number of benzene rings is 7. The van der Waals surface area contributed by atoms with E-state index in [1.54, 1.807) is 31.5 Å². The standard InChI is InChI=1S/C25H11Cl4I3O6.C20H17N2O2S.2C11H8N.C10H14O5.C7H10O3.Ir.Pt/c1-6(2)23(34)37-20-7(3)4-8-22(18(20)32)36-21-9(5-10(30)19(33)17(21)31)25(8)12-11(24(35)38-25)13(26)15(28)16(29)14(12)27;1-3-22(4-2)14-10-9-13-11-15(20(23)24-17(13)12-14)19-21-16-7-5-6-8-18(16)25-19;2*1-2-6-10(7-3-1)11-8-4-5-9-12-11;1-7(2)10(13)15-5-4-14-9(12)6-8(3)11;1-3-4-10-7(9)5-6(2)8;;/h4-5,33H,1H2,2-3H3;5-10,12H,3-4H2,1-2H3;2*1-6,8-9H;6,11H,1,4-5H2,2-3H3;3,5,8H,1,4H2,2H3;;/q;3*-1;;;;. The molecular weight excluding hydrogens is 2260 g/mol. The number of allylic oxidation sites excluding steroid dienone is 2. The predicted molar refractivity (Wildman–Crippen MR) is 461 cm³/mol. The molecule has 7 aromatic carbocycles. The maximum atomic E-state index is 13.4. The van der Waals surface area contributed by atoms with Crippen molar-refractivity contribution in [3.05, 3.63) is 300 Å². The minimum absolute atomic E-state index is 0. The van der Waals surface area contributed by atoms with Gasteiger partial charge >= 0.3 is 29.8 Å². The normalized spacial score (nSPS) is 12.5. The summed E-state index contributed by atoms with van der Waals surface area (Å²) >= 11 is 33.5. The third-order valence-corrected chi connectivity index (χ3v) is 21.2. The maximum absolute atomic E-state index is 13.4. The second-order valence-electron chi connectivity index (χ2n) is 23.7. The number of aliphatic hydroxyl groups is 2. The van der Waals surface area contributed by atoms with Crippen molar-refractivity contribution in [3.8, 4) is 56.1 Å². The Labute approximate surface area is 750 Å². The van der Waals surface area contributed by atoms with Crippen molar-refractivity contribution in [2.24, 2.45) is 0 Å². The first-order valence-electron chi connectivity index (χ1n) is 33.5. The molecule has 0 aliphatic carbocycles. The third-order valence-electron chi connectivity index (χ3n) is 15.6. The Bertz CT molecular complexity index is 5300. The number of halogens is 7. The molecule has 0 fully saturated rings. The Morgan fingerprint density at radius 1 is 0.684 bits per heavy atom. The van der Waals surface area contributed by atoms with Gasteiger partial charge in [0, 0.05) is 99.3 Å². The molecule has 11 aromatic rings. The molecule has 597 valence electrons. The number of aliphatic hydroxyl groups excluding tert-OH is 2. The topological polar surface area (TPSA) is 274 Å². The summed E-state index contributed by atoms with van der Waals surface area (Å²) in [5.41, 5.74) is 6.79. The predicted octanol–water partition coefficient (Wildman–Crippen LogP) is 21.3. The van der Waals surface area contributed by atoms with Crippen molar-refractivity contribution in [1.29, 1.82) is 0 Å². The fraction of sp³-hybridized carbons (Fsp3) is 0.155. The van der Waals surface area contributed by atoms with Crippen LogP contribution in [-0.4, -0.2) is 93.0 Å². The zero-order chi connectivity index (χ0) is 81.7. The van der Waals surface area contributed by atoms with Gasteiger partial charge in [-0.15, -0.1) is 83.9 Å². The van der Waals surface area contributed by atoms with E-state index < -0.39 is 41.1 Å². The molecular formula is C84H68Cl4I3IrN4O16PtS-3. The number of phenols is 1. The molecule has 30 heteroatoms. The van der Waals surface area contributed by atoms with Crippen LogP contribution in [0.15, 0.2) is 222 Å². The van der Waals surface area contributed by atoms with E-state index in [1.807, 2.05) is 195 Å². The largest absolute Gasteiger partial charge is 0.512 e. The van der Waals surface area contributed by atoms with Gasteiger partial charge in [-0.3, -0.25) is 9.78 Å². The van der Waals surface area contributed by atoms with Crippen LogP contribution in [-0.2, 0) is 84.9 Å². The van der Waals surface area contributed by atoms with Crippen LogP contribution in [0, 0.1) is 35.8 Å². The van der Waals surface area contributed by atoms with Gasteiger partial charge in [-0.05, 0) is 181 Å². The SMILES string of the molecule is C=C(C)C(=O)OCCOC(=O)C=C(C)O.C=C(C)C(=O)Oc1c(C)cc2c(c1I)Oc1c(cc(I)c(O)c1I)C21OC(=O)c2c(Cl)c(Cl)c(Cl)c(Cl)c21.C=CCOC(=O)C=C(C)O.CCN(CC)c1ccc2[c-]c(-c3nc4ccccc4s3)c(=O)oc2c1.[Ir].[Pt].[c-]1ccccc1-c1ccccn1.[c-]1ccccc1-c1ccccn1. The summed E-state index contributed by atoms with van der Waals surface area (Å²) in [6.45, 7) is 24.0. The molecule has 0 saturated carbocycles. The van der Waals surface area contributed by atoms with Crippen molar-refractivity contribution in [3.63, 3.8) is 0 Å². The number of carbonyl (C=O) groups is 5. The van der Waals surface area contributed by atoms with Crippen molar-refractivity contribution in [1.82, 2.24) is 15.0 Å². The van der Waals surface area contributed by atoms with E-state index in [1.165, 1.54) is 45.1 Å². The van der Waals surface area contributed by atoms with Gasteiger partial charge in [0.2, 0.25) is 0 Å². The van der Waals surface area contributed by atoms with Crippen molar-refractivity contribution < 1.29 is 113 Å². The van der Waals surface area contributed by atoms with Crippen LogP contribution >= 0.6 is 126 Å². The number of aromatic nitrogens is 3. The van der Waals surface area contributed by atoms with Gasteiger partial charge < -0.3 is 63.0 Å². The number of hydrogen-bond acceptors (Lipinski definition) is 21. The molecule has 0 saturated heterocycles. The smallest absolute Gasteiger partial charge is 0.341 e. The zero-order valence-corrected chi connectivity index (χ0v) is 76.4. The zero-order valence-electron chi connectivity index (χ0n) is 61.5. The number of hydrogen-bond donors (Lipinski definition) is 3. The Balaban J connectivity index is 0.000000230. The molecule has 2 aliphatic rings. The van der Waals surface area contributed by atoms with Crippen LogP contribution in [0.3, 0.4) is 0 Å². The van der Waals surface area contributed by atoms with Crippen LogP contribution in [0.2, 0.25) is 20.1 Å². The molecule has 1 atom stereocenters. The quantitative estimate of drug-likeness (QED) is 0.00659. The van der Waals surface area contributed by atoms with Crippen LogP contribution in [0.4, 0.5) is 5.69 Å². The summed E-state index contributed by atoms with van der Waals surface area (Å²) < 4.78 is 39.8. The van der Waals surface area contributed by atoms with E-state index in [0.717, 1.165) is 69.0 Å². The van der Waals surface area contributed by atoms with Gasteiger partial charge in [-0.25, -0.2) is 24.0 Å². The van der Waals surface area contributed by atoms with Gasteiger partial charge in [0.25, 0.3) is 5.63 Å². The van der Waals surface area contributed by atoms with Gasteiger partial charge in [-0.1, -0.05) is 120 Å². The van der Waals surface area contributed by atoms with Crippen molar-refractivity contribution in [2.75, 3.05) is 37.8 Å². The number of carbonyl (C=O) groups excluding carboxylic acids is 5. The third kappa shape index (κ3) is 23.9. The summed E-state index contributed by atoms with van der Waals surface area (Å²) in [6.07, 6.45) is 6.97. The van der Waals surface area contributed by atoms with E-state index in [9.17, 15) is 33.9 Å². The molecule has 1 radical (unpaired) electrons. The van der Waals surface area contributed by atoms with Gasteiger partial charge in [0.05, 0.1) is 81.7 Å². The fourth-order valence-electron chi connectivity index (χ4n) is 10.4. The molecule has 0 bridgehead atoms. The van der Waals surface area contributed by atoms with Gasteiger partial charge in [0.15, 0.2) is 22.8 Å². The number of esters is 5. The van der Waals surface area contributed by atoms with E-state index in [2.05, 4.69) is 85.8 Å². The number of fused-ring (bicyclic) bond motifs is 8. The molecule has 3 N–H and O–H groups in total. The van der Waals surface area contributed by atoms with E-state index in [0.29, 0.717) is 43.6 Å². The molecule has 114 heavy (non-hydrogen) atoms. The van der Waals surface area contributed by atoms with E-state index in [4.69, 9.17) is 75.2 Å². The van der Waals surface area contributed by atoms with E-state index in [-0.39, 0.29) is 138 Å². The molecule has 2 aliphatic heterocycles. The van der Waals surface area contributed by atoms with Crippen LogP contribution < -0.4 is 20.0 Å². The molecule has 1 unspecified atom stereocenters. The monoisotopic (exact) mass is 2330 g/mol. The number of nitrogens with zero attached hydrogens (tertiary/aromatic N) is 4. The number of para-hydroxylation sites is 1. The molecule has 4 aromatic heterocycles. The van der Waals surface area contributed by atoms with Crippen LogP contribution in [0.1, 0.15) is 74.2 Å². The number of phenolic OH excluding ortho intramolecular Hbond substituents is 1. The second kappa shape index (κ2) is 44.7. The molecule has 0 amide bonds. The second-order valence-corrected chi connectivity index (χ2v) is 29.6. The summed E-state index contributed by atoms with van der Waals surface area (Å²) in [7, 11) is 0. The number of thiazole rings is 1. The minimum atomic E-state index is -1.68. The van der Waals surface area contributed by atoms with Crippen molar-refractivity contribution >= 4 is 182 Å². The summed E-state index contributed by atoms with van der Waals surface area (Å²) in [5, 5.41) is 29.2. The average Bonchev–Trinajstić information content (AvgIpc) is 1.44. The number of aromatic hydroxyl groups is 1. The van der Waals surface area contributed by atoms with Gasteiger partial charge in [-0.2, -0.15) is 11.3 Å².